The molecule has 0 unspecified atom stereocenters. The van der Waals surface area contributed by atoms with E-state index in [0.29, 0.717) is 5.89 Å². The SMILES string of the molecule is CC.CC.Cc1nc(-c2ccc(F)cc2)co1. The van der Waals surface area contributed by atoms with Crippen molar-refractivity contribution < 1.29 is 8.81 Å². The molecule has 0 amide bonds. The van der Waals surface area contributed by atoms with Gasteiger partial charge in [-0.15, -0.1) is 0 Å². The van der Waals surface area contributed by atoms with Gasteiger partial charge in [-0.25, -0.2) is 9.37 Å². The van der Waals surface area contributed by atoms with Gasteiger partial charge in [0, 0.05) is 12.5 Å². The van der Waals surface area contributed by atoms with Crippen LogP contribution in [0.4, 0.5) is 4.39 Å². The summed E-state index contributed by atoms with van der Waals surface area (Å²) in [6.07, 6.45) is 1.56. The normalized spacial score (nSPS) is 8.59. The fraction of sp³-hybridized carbons (Fsp3) is 0.357. The second kappa shape index (κ2) is 8.50. The summed E-state index contributed by atoms with van der Waals surface area (Å²) in [5.41, 5.74) is 1.59. The number of halogens is 1. The molecular weight excluding hydrogens is 217 g/mol. The Kier molecular flexibility index (Phi) is 7.68. The maximum Gasteiger partial charge on any atom is 0.191 e. The van der Waals surface area contributed by atoms with Crippen molar-refractivity contribution in [3.8, 4) is 11.3 Å². The Labute approximate surface area is 103 Å². The van der Waals surface area contributed by atoms with Crippen LogP contribution in [0.15, 0.2) is 34.9 Å². The molecule has 1 heterocycles. The van der Waals surface area contributed by atoms with E-state index >= 15 is 0 Å². The van der Waals surface area contributed by atoms with Crippen LogP contribution < -0.4 is 0 Å². The van der Waals surface area contributed by atoms with Crippen molar-refractivity contribution in [2.45, 2.75) is 34.6 Å². The highest BCUT2D eigenvalue weighted by atomic mass is 19.1. The topological polar surface area (TPSA) is 26.0 Å². The van der Waals surface area contributed by atoms with Gasteiger partial charge in [0.15, 0.2) is 5.89 Å². The Bertz CT molecular complexity index is 406. The first-order valence-electron chi connectivity index (χ1n) is 5.94. The van der Waals surface area contributed by atoms with Crippen LogP contribution in [-0.2, 0) is 0 Å². The van der Waals surface area contributed by atoms with Crippen LogP contribution in [0.5, 0.6) is 0 Å². The molecule has 0 radical (unpaired) electrons. The zero-order valence-electron chi connectivity index (χ0n) is 11.1. The van der Waals surface area contributed by atoms with Crippen molar-refractivity contribution in [3.63, 3.8) is 0 Å². The molecule has 2 rings (SSSR count). The van der Waals surface area contributed by atoms with Gasteiger partial charge in [0.2, 0.25) is 0 Å². The van der Waals surface area contributed by atoms with Gasteiger partial charge in [-0.1, -0.05) is 27.7 Å². The van der Waals surface area contributed by atoms with E-state index < -0.39 is 0 Å². The molecule has 0 N–H and O–H groups in total. The van der Waals surface area contributed by atoms with Gasteiger partial charge in [-0.3, -0.25) is 0 Å². The lowest BCUT2D eigenvalue weighted by Gasteiger charge is -1.93. The molecule has 1 aromatic heterocycles. The second-order valence-corrected chi connectivity index (χ2v) is 2.76. The fourth-order valence-electron chi connectivity index (χ4n) is 1.12. The number of nitrogens with zero attached hydrogens (tertiary/aromatic N) is 1. The first-order chi connectivity index (χ1) is 8.25. The monoisotopic (exact) mass is 237 g/mol. The lowest BCUT2D eigenvalue weighted by Crippen LogP contribution is -1.78. The Hall–Kier alpha value is -1.64. The molecule has 3 heteroatoms. The summed E-state index contributed by atoms with van der Waals surface area (Å²) < 4.78 is 17.6. The minimum absolute atomic E-state index is 0.246. The van der Waals surface area contributed by atoms with Crippen LogP contribution in [0.25, 0.3) is 11.3 Å². The number of aryl methyl sites for hydroxylation is 1. The summed E-state index contributed by atoms with van der Waals surface area (Å²) in [5.74, 6) is 0.364. The summed E-state index contributed by atoms with van der Waals surface area (Å²) >= 11 is 0. The number of rotatable bonds is 1. The maximum atomic E-state index is 12.6. The number of hydrogen-bond acceptors (Lipinski definition) is 2. The van der Waals surface area contributed by atoms with Crippen LogP contribution in [0.2, 0.25) is 0 Å². The molecule has 0 saturated carbocycles. The summed E-state index contributed by atoms with van der Waals surface area (Å²) in [6, 6.07) is 6.15. The molecular formula is C14H20FNO. The van der Waals surface area contributed by atoms with Crippen molar-refractivity contribution in [2.24, 2.45) is 0 Å². The molecule has 0 bridgehead atoms. The molecule has 0 atom stereocenters. The van der Waals surface area contributed by atoms with Crippen LogP contribution in [0.3, 0.4) is 0 Å². The van der Waals surface area contributed by atoms with Gasteiger partial charge >= 0.3 is 0 Å². The highest BCUT2D eigenvalue weighted by molar-refractivity contribution is 5.57. The average Bonchev–Trinajstić information content (AvgIpc) is 2.82. The van der Waals surface area contributed by atoms with Gasteiger partial charge in [0.1, 0.15) is 17.8 Å². The van der Waals surface area contributed by atoms with E-state index in [1.807, 2.05) is 27.7 Å². The first-order valence-corrected chi connectivity index (χ1v) is 5.94. The first kappa shape index (κ1) is 15.4. The maximum absolute atomic E-state index is 12.6. The summed E-state index contributed by atoms with van der Waals surface area (Å²) in [7, 11) is 0. The lowest BCUT2D eigenvalue weighted by molar-refractivity contribution is 0.521. The molecule has 2 aromatic rings. The largest absolute Gasteiger partial charge is 0.449 e. The van der Waals surface area contributed by atoms with Crippen molar-refractivity contribution in [1.82, 2.24) is 4.98 Å². The van der Waals surface area contributed by atoms with Crippen LogP contribution in [-0.4, -0.2) is 4.98 Å². The number of oxazole rings is 1. The van der Waals surface area contributed by atoms with Crippen molar-refractivity contribution in [1.29, 1.82) is 0 Å². The van der Waals surface area contributed by atoms with E-state index in [1.165, 1.54) is 12.1 Å². The molecule has 17 heavy (non-hydrogen) atoms. The minimum Gasteiger partial charge on any atom is -0.449 e. The molecule has 0 aliphatic heterocycles. The third-order valence-corrected chi connectivity index (χ3v) is 1.76. The Morgan fingerprint density at radius 2 is 1.53 bits per heavy atom. The number of benzene rings is 1. The smallest absolute Gasteiger partial charge is 0.191 e. The van der Waals surface area contributed by atoms with Crippen molar-refractivity contribution >= 4 is 0 Å². The van der Waals surface area contributed by atoms with Gasteiger partial charge in [0.05, 0.1) is 0 Å². The lowest BCUT2D eigenvalue weighted by atomic mass is 10.2. The fourth-order valence-corrected chi connectivity index (χ4v) is 1.12. The number of aromatic nitrogens is 1. The molecule has 0 aliphatic carbocycles. The zero-order valence-corrected chi connectivity index (χ0v) is 11.1. The molecule has 0 spiro atoms. The van der Waals surface area contributed by atoms with Gasteiger partial charge in [-0.05, 0) is 24.3 Å². The molecule has 0 aliphatic rings. The second-order valence-electron chi connectivity index (χ2n) is 2.76. The Morgan fingerprint density at radius 1 is 1.00 bits per heavy atom. The van der Waals surface area contributed by atoms with Gasteiger partial charge < -0.3 is 4.42 Å². The van der Waals surface area contributed by atoms with E-state index in [4.69, 9.17) is 4.42 Å². The zero-order chi connectivity index (χ0) is 13.3. The third-order valence-electron chi connectivity index (χ3n) is 1.76. The van der Waals surface area contributed by atoms with Crippen molar-refractivity contribution in [2.75, 3.05) is 0 Å². The Balaban J connectivity index is 0.000000581. The van der Waals surface area contributed by atoms with E-state index in [9.17, 15) is 4.39 Å². The number of hydrogen-bond donors (Lipinski definition) is 0. The minimum atomic E-state index is -0.246. The van der Waals surface area contributed by atoms with Crippen molar-refractivity contribution in [3.05, 3.63) is 42.2 Å². The molecule has 0 fully saturated rings. The highest BCUT2D eigenvalue weighted by Crippen LogP contribution is 2.18. The molecule has 2 nitrogen and oxygen atoms in total. The van der Waals surface area contributed by atoms with Crippen LogP contribution in [0, 0.1) is 12.7 Å². The molecule has 0 saturated heterocycles. The Morgan fingerprint density at radius 3 is 1.94 bits per heavy atom. The molecule has 94 valence electrons. The summed E-state index contributed by atoms with van der Waals surface area (Å²) in [6.45, 7) is 9.77. The average molecular weight is 237 g/mol. The van der Waals surface area contributed by atoms with E-state index in [0.717, 1.165) is 11.3 Å². The predicted octanol–water partition coefficient (Wildman–Crippen LogP) is 4.84. The van der Waals surface area contributed by atoms with Gasteiger partial charge in [-0.2, -0.15) is 0 Å². The van der Waals surface area contributed by atoms with Crippen LogP contribution in [0.1, 0.15) is 33.6 Å². The quantitative estimate of drug-likeness (QED) is 0.709. The van der Waals surface area contributed by atoms with E-state index in [1.54, 1.807) is 25.3 Å². The highest BCUT2D eigenvalue weighted by Gasteiger charge is 2.02. The van der Waals surface area contributed by atoms with Crippen LogP contribution >= 0.6 is 0 Å². The van der Waals surface area contributed by atoms with E-state index in [2.05, 4.69) is 4.98 Å². The molecule has 1 aromatic carbocycles. The summed E-state index contributed by atoms with van der Waals surface area (Å²) in [5, 5.41) is 0. The third kappa shape index (κ3) is 4.81. The standard InChI is InChI=1S/C10H8FNO.2C2H6/c1-7-12-10(6-13-7)8-2-4-9(11)5-3-8;2*1-2/h2-6H,1H3;2*1-2H3. The van der Waals surface area contributed by atoms with E-state index in [-0.39, 0.29) is 5.82 Å². The summed E-state index contributed by atoms with van der Waals surface area (Å²) in [4.78, 5) is 4.12. The predicted molar refractivity (Wildman–Crippen MR) is 69.3 cm³/mol. The van der Waals surface area contributed by atoms with Gasteiger partial charge in [0.25, 0.3) is 0 Å².